The Bertz CT molecular complexity index is 479. The van der Waals surface area contributed by atoms with Gasteiger partial charge in [0, 0.05) is 17.0 Å². The largest absolute Gasteiger partial charge is 0.298 e. The van der Waals surface area contributed by atoms with E-state index >= 15 is 0 Å². The molecule has 0 spiro atoms. The van der Waals surface area contributed by atoms with Gasteiger partial charge in [0.25, 0.3) is 0 Å². The number of aldehydes is 1. The highest BCUT2D eigenvalue weighted by Crippen LogP contribution is 2.14. The van der Waals surface area contributed by atoms with Crippen LogP contribution in [-0.4, -0.2) is 12.8 Å². The van der Waals surface area contributed by atoms with Gasteiger partial charge in [0.05, 0.1) is 5.56 Å². The second-order valence-corrected chi connectivity index (χ2v) is 2.83. The Hall–Kier alpha value is -2.20. The van der Waals surface area contributed by atoms with Gasteiger partial charge in [-0.2, -0.15) is 0 Å². The Balaban J connectivity index is 2.97. The van der Waals surface area contributed by atoms with Crippen LogP contribution in [-0.2, 0) is 0 Å². The Morgan fingerprint density at radius 3 is 2.56 bits per heavy atom. The number of azide groups is 1. The molecule has 0 radical (unpaired) electrons. The van der Waals surface area contributed by atoms with Crippen LogP contribution in [0.1, 0.15) is 15.9 Å². The van der Waals surface area contributed by atoms with Crippen LogP contribution in [0, 0.1) is 11.6 Å². The van der Waals surface area contributed by atoms with Gasteiger partial charge in [0.1, 0.15) is 11.6 Å². The van der Waals surface area contributed by atoms with E-state index in [4.69, 9.17) is 5.53 Å². The van der Waals surface area contributed by atoms with Gasteiger partial charge in [0.2, 0.25) is 0 Å². The third-order valence-electron chi connectivity index (χ3n) is 1.79. The lowest BCUT2D eigenvalue weighted by molar-refractivity contribution is 0.111. The van der Waals surface area contributed by atoms with E-state index in [1.165, 1.54) is 12.2 Å². The Morgan fingerprint density at radius 2 is 1.94 bits per heavy atom. The fourth-order valence-corrected chi connectivity index (χ4v) is 1.06. The van der Waals surface area contributed by atoms with Gasteiger partial charge in [-0.25, -0.2) is 8.78 Å². The van der Waals surface area contributed by atoms with Crippen molar-refractivity contribution in [2.24, 2.45) is 5.11 Å². The molecule has 0 N–H and O–H groups in total. The summed E-state index contributed by atoms with van der Waals surface area (Å²) in [5, 5.41) is 3.19. The lowest BCUT2D eigenvalue weighted by Gasteiger charge is -1.99. The summed E-state index contributed by atoms with van der Waals surface area (Å²) in [5.74, 6) is -1.50. The summed E-state index contributed by atoms with van der Waals surface area (Å²) in [6, 6.07) is 1.72. The Labute approximate surface area is 89.8 Å². The van der Waals surface area contributed by atoms with Crippen molar-refractivity contribution >= 4 is 12.4 Å². The van der Waals surface area contributed by atoms with Gasteiger partial charge in [-0.3, -0.25) is 4.79 Å². The van der Waals surface area contributed by atoms with E-state index in [2.05, 4.69) is 10.0 Å². The van der Waals surface area contributed by atoms with Crippen LogP contribution in [0.4, 0.5) is 8.78 Å². The molecule has 4 nitrogen and oxygen atoms in total. The molecule has 82 valence electrons. The van der Waals surface area contributed by atoms with Crippen molar-refractivity contribution in [3.05, 3.63) is 51.4 Å². The van der Waals surface area contributed by atoms with Crippen molar-refractivity contribution < 1.29 is 13.6 Å². The van der Waals surface area contributed by atoms with Crippen molar-refractivity contribution in [3.63, 3.8) is 0 Å². The number of rotatable bonds is 4. The van der Waals surface area contributed by atoms with E-state index < -0.39 is 11.6 Å². The summed E-state index contributed by atoms with van der Waals surface area (Å²) in [4.78, 5) is 12.8. The number of hydrogen-bond acceptors (Lipinski definition) is 2. The molecule has 0 saturated heterocycles. The fourth-order valence-electron chi connectivity index (χ4n) is 1.06. The second-order valence-electron chi connectivity index (χ2n) is 2.83. The van der Waals surface area contributed by atoms with Crippen LogP contribution < -0.4 is 0 Å². The van der Waals surface area contributed by atoms with Crippen molar-refractivity contribution in [2.75, 3.05) is 6.54 Å². The van der Waals surface area contributed by atoms with Gasteiger partial charge >= 0.3 is 0 Å². The third kappa shape index (κ3) is 2.90. The minimum atomic E-state index is -0.792. The topological polar surface area (TPSA) is 65.8 Å². The molecular formula is C10H7F2N3O. The Morgan fingerprint density at radius 1 is 1.31 bits per heavy atom. The lowest BCUT2D eigenvalue weighted by atomic mass is 10.1. The van der Waals surface area contributed by atoms with Crippen molar-refractivity contribution in [2.45, 2.75) is 0 Å². The zero-order valence-corrected chi connectivity index (χ0v) is 8.10. The predicted octanol–water partition coefficient (Wildman–Crippen LogP) is 3.10. The minimum absolute atomic E-state index is 0.00348. The highest BCUT2D eigenvalue weighted by molar-refractivity contribution is 5.76. The van der Waals surface area contributed by atoms with E-state index in [1.54, 1.807) is 0 Å². The molecule has 0 heterocycles. The molecule has 0 unspecified atom stereocenters. The number of carbonyl (C=O) groups excluding carboxylic acids is 1. The molecule has 0 aliphatic carbocycles. The molecule has 0 saturated carbocycles. The Kier molecular flexibility index (Phi) is 4.17. The number of hydrogen-bond donors (Lipinski definition) is 0. The van der Waals surface area contributed by atoms with Crippen LogP contribution in [0.2, 0.25) is 0 Å². The molecule has 0 amide bonds. The minimum Gasteiger partial charge on any atom is -0.298 e. The number of carbonyl (C=O) groups is 1. The molecule has 0 aliphatic heterocycles. The van der Waals surface area contributed by atoms with E-state index in [1.807, 2.05) is 0 Å². The van der Waals surface area contributed by atoms with Gasteiger partial charge < -0.3 is 0 Å². The van der Waals surface area contributed by atoms with Gasteiger partial charge in [0.15, 0.2) is 6.29 Å². The molecule has 0 atom stereocenters. The van der Waals surface area contributed by atoms with E-state index in [0.29, 0.717) is 0 Å². The molecule has 1 rings (SSSR count). The first-order valence-electron chi connectivity index (χ1n) is 4.30. The molecule has 0 aliphatic rings. The maximum Gasteiger partial charge on any atom is 0.153 e. The number of benzene rings is 1. The zero-order chi connectivity index (χ0) is 12.0. The van der Waals surface area contributed by atoms with Crippen LogP contribution in [0.3, 0.4) is 0 Å². The van der Waals surface area contributed by atoms with Crippen LogP contribution in [0.15, 0.2) is 23.3 Å². The van der Waals surface area contributed by atoms with E-state index in [9.17, 15) is 13.6 Å². The summed E-state index contributed by atoms with van der Waals surface area (Å²) in [6.07, 6.45) is 2.91. The van der Waals surface area contributed by atoms with Crippen molar-refractivity contribution in [3.8, 4) is 0 Å². The average Bonchev–Trinajstić information content (AvgIpc) is 2.28. The predicted molar refractivity (Wildman–Crippen MR) is 54.8 cm³/mol. The number of halogens is 2. The highest BCUT2D eigenvalue weighted by atomic mass is 19.1. The van der Waals surface area contributed by atoms with Crippen LogP contribution in [0.25, 0.3) is 16.5 Å². The normalized spacial score (nSPS) is 10.1. The first-order valence-corrected chi connectivity index (χ1v) is 4.30. The van der Waals surface area contributed by atoms with Crippen molar-refractivity contribution in [1.82, 2.24) is 0 Å². The summed E-state index contributed by atoms with van der Waals surface area (Å²) in [6.45, 7) is 0.0486. The fraction of sp³-hybridized carbons (Fsp3) is 0.100. The van der Waals surface area contributed by atoms with E-state index in [-0.39, 0.29) is 24.0 Å². The van der Waals surface area contributed by atoms with Gasteiger partial charge in [-0.05, 0) is 17.7 Å². The maximum absolute atomic E-state index is 13.2. The smallest absolute Gasteiger partial charge is 0.153 e. The quantitative estimate of drug-likeness (QED) is 0.334. The summed E-state index contributed by atoms with van der Waals surface area (Å²) in [5.41, 5.74) is 7.65. The summed E-state index contributed by atoms with van der Waals surface area (Å²) >= 11 is 0. The molecule has 0 fully saturated rings. The van der Waals surface area contributed by atoms with Crippen LogP contribution in [0.5, 0.6) is 0 Å². The summed E-state index contributed by atoms with van der Waals surface area (Å²) in [7, 11) is 0. The average molecular weight is 223 g/mol. The molecule has 1 aromatic carbocycles. The lowest BCUT2D eigenvalue weighted by Crippen LogP contribution is -1.92. The number of nitrogens with zero attached hydrogens (tertiary/aromatic N) is 3. The zero-order valence-electron chi connectivity index (χ0n) is 8.10. The van der Waals surface area contributed by atoms with Crippen LogP contribution >= 0.6 is 0 Å². The molecule has 0 bridgehead atoms. The second kappa shape index (κ2) is 5.63. The standard InChI is InChI=1S/C10H7F2N3O/c11-9-5-8(6-16)10(12)4-7(9)2-1-3-14-15-13/h1-2,4-6H,3H2. The summed E-state index contributed by atoms with van der Waals surface area (Å²) < 4.78 is 26.3. The molecular weight excluding hydrogens is 216 g/mol. The first-order chi connectivity index (χ1) is 7.69. The molecule has 6 heteroatoms. The third-order valence-corrected chi connectivity index (χ3v) is 1.79. The SMILES string of the molecule is [N-]=[N+]=NCC=Cc1cc(F)c(C=O)cc1F. The molecule has 16 heavy (non-hydrogen) atoms. The maximum atomic E-state index is 13.2. The molecule has 1 aromatic rings. The van der Waals surface area contributed by atoms with E-state index in [0.717, 1.165) is 12.1 Å². The monoisotopic (exact) mass is 223 g/mol. The highest BCUT2D eigenvalue weighted by Gasteiger charge is 2.06. The van der Waals surface area contributed by atoms with Gasteiger partial charge in [-0.1, -0.05) is 17.3 Å². The van der Waals surface area contributed by atoms with Gasteiger partial charge in [-0.15, -0.1) is 0 Å². The van der Waals surface area contributed by atoms with Crippen molar-refractivity contribution in [1.29, 1.82) is 0 Å². The first kappa shape index (κ1) is 11.9. The molecule has 0 aromatic heterocycles.